The Hall–Kier alpha value is -1.18. The van der Waals surface area contributed by atoms with Crippen molar-refractivity contribution in [2.24, 2.45) is 5.92 Å². The zero-order valence-electron chi connectivity index (χ0n) is 18.3. The highest BCUT2D eigenvalue weighted by molar-refractivity contribution is 6.89. The molecule has 0 amide bonds. The third kappa shape index (κ3) is 5.01. The van der Waals surface area contributed by atoms with Crippen molar-refractivity contribution in [3.8, 4) is 0 Å². The molecule has 2 rings (SSSR count). The molecule has 0 bridgehead atoms. The van der Waals surface area contributed by atoms with E-state index >= 15 is 0 Å². The van der Waals surface area contributed by atoms with Crippen LogP contribution in [0.1, 0.15) is 27.2 Å². The van der Waals surface area contributed by atoms with Gasteiger partial charge in [0, 0.05) is 11.5 Å². The van der Waals surface area contributed by atoms with Gasteiger partial charge in [-0.15, -0.1) is 0 Å². The maximum atomic E-state index is 12.4. The van der Waals surface area contributed by atoms with Crippen molar-refractivity contribution in [1.82, 2.24) is 0 Å². The van der Waals surface area contributed by atoms with Crippen LogP contribution in [0.25, 0.3) is 0 Å². The van der Waals surface area contributed by atoms with E-state index in [2.05, 4.69) is 83.4 Å². The molecule has 0 unspecified atom stereocenters. The summed E-state index contributed by atoms with van der Waals surface area (Å²) >= 11 is 0. The predicted molar refractivity (Wildman–Crippen MR) is 119 cm³/mol. The third-order valence-corrected chi connectivity index (χ3v) is 14.2. The van der Waals surface area contributed by atoms with Crippen molar-refractivity contribution in [3.05, 3.63) is 42.0 Å². The summed E-state index contributed by atoms with van der Waals surface area (Å²) in [6.45, 7) is 16.2. The summed E-state index contributed by atoms with van der Waals surface area (Å²) in [6.07, 6.45) is 2.94. The molecule has 5 heteroatoms. The van der Waals surface area contributed by atoms with Crippen molar-refractivity contribution in [3.63, 3.8) is 0 Å². The van der Waals surface area contributed by atoms with Crippen LogP contribution >= 0.6 is 0 Å². The number of rotatable bonds is 6. The molecule has 3 nitrogen and oxygen atoms in total. The van der Waals surface area contributed by atoms with E-state index < -0.39 is 16.4 Å². The maximum Gasteiger partial charge on any atom is 0.333 e. The first-order chi connectivity index (χ1) is 12.4. The first kappa shape index (κ1) is 22.1. The molecule has 0 saturated carbocycles. The quantitative estimate of drug-likeness (QED) is 0.488. The molecule has 0 aromatic heterocycles. The average molecular weight is 405 g/mol. The predicted octanol–water partition coefficient (Wildman–Crippen LogP) is 5.11. The lowest BCUT2D eigenvalue weighted by Gasteiger charge is -2.41. The van der Waals surface area contributed by atoms with E-state index in [4.69, 9.17) is 9.16 Å². The number of esters is 1. The SMILES string of the molecule is COC(=O)C1=CC[C@H](O[Si](C)(C)C(C)(C)C)[C@H]1C[Si](C)(C)c1ccccc1. The Labute approximate surface area is 167 Å². The molecule has 0 fully saturated rings. The van der Waals surface area contributed by atoms with Crippen LogP contribution in [-0.2, 0) is 14.0 Å². The van der Waals surface area contributed by atoms with Gasteiger partial charge in [-0.1, -0.05) is 75.5 Å². The van der Waals surface area contributed by atoms with Gasteiger partial charge in [-0.3, -0.25) is 0 Å². The largest absolute Gasteiger partial charge is 0.466 e. The molecule has 150 valence electrons. The van der Waals surface area contributed by atoms with Crippen LogP contribution in [0.5, 0.6) is 0 Å². The standard InChI is InChI=1S/C22H36O3Si2/c1-22(2,3)27(7,8)25-20-15-14-18(21(23)24-4)19(20)16-26(5,6)17-12-10-9-11-13-17/h9-14,19-20H,15-16H2,1-8H3/t19-,20-/m0/s1. The first-order valence-electron chi connectivity index (χ1n) is 9.91. The minimum atomic E-state index is -1.91. The Balaban J connectivity index is 2.30. The zero-order chi connectivity index (χ0) is 20.5. The van der Waals surface area contributed by atoms with Crippen LogP contribution in [-0.4, -0.2) is 35.6 Å². The van der Waals surface area contributed by atoms with Crippen LogP contribution in [0.4, 0.5) is 0 Å². The van der Waals surface area contributed by atoms with Gasteiger partial charge in [0.2, 0.25) is 0 Å². The van der Waals surface area contributed by atoms with Crippen molar-refractivity contribution in [1.29, 1.82) is 0 Å². The highest BCUT2D eigenvalue weighted by Gasteiger charge is 2.45. The van der Waals surface area contributed by atoms with Crippen molar-refractivity contribution in [2.45, 2.75) is 70.6 Å². The lowest BCUT2D eigenvalue weighted by molar-refractivity contribution is -0.136. The number of ether oxygens (including phenoxy) is 1. The van der Waals surface area contributed by atoms with Gasteiger partial charge >= 0.3 is 5.97 Å². The monoisotopic (exact) mass is 404 g/mol. The Morgan fingerprint density at radius 3 is 2.22 bits per heavy atom. The molecule has 0 heterocycles. The summed E-state index contributed by atoms with van der Waals surface area (Å²) < 4.78 is 11.9. The number of carbonyl (C=O) groups is 1. The molecular weight excluding hydrogens is 368 g/mol. The van der Waals surface area contributed by atoms with Crippen LogP contribution in [0, 0.1) is 5.92 Å². The van der Waals surface area contributed by atoms with E-state index in [0.717, 1.165) is 18.0 Å². The number of carbonyl (C=O) groups excluding carboxylic acids is 1. The number of hydrogen-bond donors (Lipinski definition) is 0. The van der Waals surface area contributed by atoms with Gasteiger partial charge in [0.15, 0.2) is 8.32 Å². The fourth-order valence-electron chi connectivity index (χ4n) is 3.60. The summed E-state index contributed by atoms with van der Waals surface area (Å²) in [5, 5.41) is 1.57. The number of hydrogen-bond acceptors (Lipinski definition) is 3. The van der Waals surface area contributed by atoms with E-state index in [1.807, 2.05) is 0 Å². The second-order valence-electron chi connectivity index (χ2n) is 9.86. The topological polar surface area (TPSA) is 35.5 Å². The fourth-order valence-corrected chi connectivity index (χ4v) is 7.88. The number of benzene rings is 1. The Morgan fingerprint density at radius 2 is 1.70 bits per heavy atom. The fraction of sp³-hybridized carbons (Fsp3) is 0.591. The van der Waals surface area contributed by atoms with Crippen LogP contribution in [0.2, 0.25) is 37.3 Å². The van der Waals surface area contributed by atoms with E-state index in [1.54, 1.807) is 0 Å². The molecule has 1 aliphatic rings. The summed E-state index contributed by atoms with van der Waals surface area (Å²) in [7, 11) is -2.16. The molecule has 0 N–H and O–H groups in total. The second kappa shape index (κ2) is 8.05. The Morgan fingerprint density at radius 1 is 1.11 bits per heavy atom. The van der Waals surface area contributed by atoms with Gasteiger partial charge in [0.05, 0.1) is 21.3 Å². The molecule has 0 spiro atoms. The molecule has 1 aromatic rings. The third-order valence-electron chi connectivity index (χ3n) is 6.38. The number of methoxy groups -OCH3 is 1. The first-order valence-corrected chi connectivity index (χ1v) is 16.0. The lowest BCUT2D eigenvalue weighted by Crippen LogP contribution is -2.48. The average Bonchev–Trinajstić information content (AvgIpc) is 2.95. The van der Waals surface area contributed by atoms with Gasteiger partial charge in [0.25, 0.3) is 0 Å². The van der Waals surface area contributed by atoms with Crippen LogP contribution in [0.3, 0.4) is 0 Å². The van der Waals surface area contributed by atoms with Crippen molar-refractivity contribution >= 4 is 27.5 Å². The van der Waals surface area contributed by atoms with Gasteiger partial charge in [-0.25, -0.2) is 4.79 Å². The molecule has 1 aliphatic carbocycles. The molecule has 0 saturated heterocycles. The maximum absolute atomic E-state index is 12.4. The van der Waals surface area contributed by atoms with Crippen LogP contribution < -0.4 is 5.19 Å². The van der Waals surface area contributed by atoms with E-state index in [-0.39, 0.29) is 23.0 Å². The normalized spacial score (nSPS) is 21.1. The Kier molecular flexibility index (Phi) is 6.60. The Bertz CT molecular complexity index is 687. The molecule has 2 atom stereocenters. The van der Waals surface area contributed by atoms with E-state index in [9.17, 15) is 4.79 Å². The zero-order valence-corrected chi connectivity index (χ0v) is 20.3. The highest BCUT2D eigenvalue weighted by Crippen LogP contribution is 2.43. The molecular formula is C22H36O3Si2. The molecule has 27 heavy (non-hydrogen) atoms. The summed E-state index contributed by atoms with van der Waals surface area (Å²) in [4.78, 5) is 12.4. The van der Waals surface area contributed by atoms with Crippen LogP contribution in [0.15, 0.2) is 42.0 Å². The summed E-state index contributed by atoms with van der Waals surface area (Å²) in [5.74, 6) is -0.0763. The van der Waals surface area contributed by atoms with E-state index in [1.165, 1.54) is 12.3 Å². The highest BCUT2D eigenvalue weighted by atomic mass is 28.4. The van der Waals surface area contributed by atoms with Crippen molar-refractivity contribution in [2.75, 3.05) is 7.11 Å². The van der Waals surface area contributed by atoms with Gasteiger partial charge in [0.1, 0.15) is 0 Å². The summed E-state index contributed by atoms with van der Waals surface area (Å²) in [5.41, 5.74) is 0.817. The van der Waals surface area contributed by atoms with Gasteiger partial charge < -0.3 is 9.16 Å². The van der Waals surface area contributed by atoms with Gasteiger partial charge in [-0.2, -0.15) is 0 Å². The minimum absolute atomic E-state index is 0.0791. The molecule has 0 radical (unpaired) electrons. The smallest absolute Gasteiger partial charge is 0.333 e. The molecule has 0 aliphatic heterocycles. The van der Waals surface area contributed by atoms with E-state index in [0.29, 0.717) is 0 Å². The minimum Gasteiger partial charge on any atom is -0.466 e. The second-order valence-corrected chi connectivity index (χ2v) is 19.4. The van der Waals surface area contributed by atoms with Crippen molar-refractivity contribution < 1.29 is 14.0 Å². The molecule has 1 aromatic carbocycles. The van der Waals surface area contributed by atoms with Gasteiger partial charge in [-0.05, 0) is 30.6 Å². The lowest BCUT2D eigenvalue weighted by atomic mass is 10.0. The summed E-state index contributed by atoms with van der Waals surface area (Å²) in [6, 6.07) is 11.7.